The Morgan fingerprint density at radius 2 is 1.95 bits per heavy atom. The van der Waals surface area contributed by atoms with Crippen molar-refractivity contribution in [2.45, 2.75) is 39.2 Å². The fourth-order valence-electron chi connectivity index (χ4n) is 2.45. The van der Waals surface area contributed by atoms with Gasteiger partial charge in [-0.3, -0.25) is 0 Å². The van der Waals surface area contributed by atoms with Crippen molar-refractivity contribution in [1.29, 1.82) is 0 Å². The lowest BCUT2D eigenvalue weighted by Crippen LogP contribution is -2.30. The zero-order valence-electron chi connectivity index (χ0n) is 12.8. The Labute approximate surface area is 131 Å². The summed E-state index contributed by atoms with van der Waals surface area (Å²) in [7, 11) is 0. The molecule has 1 unspecified atom stereocenters. The van der Waals surface area contributed by atoms with Gasteiger partial charge in [0.15, 0.2) is 0 Å². The SMILES string of the molecule is CC(C)NCC(CCc1cccs1)Cc1ccccc1F. The molecule has 0 radical (unpaired) electrons. The van der Waals surface area contributed by atoms with Gasteiger partial charge in [-0.25, -0.2) is 4.39 Å². The second-order valence-electron chi connectivity index (χ2n) is 5.84. The lowest BCUT2D eigenvalue weighted by molar-refractivity contribution is 0.417. The van der Waals surface area contributed by atoms with Crippen LogP contribution in [-0.2, 0) is 12.8 Å². The molecule has 1 nitrogen and oxygen atoms in total. The average Bonchev–Trinajstić information content (AvgIpc) is 2.97. The van der Waals surface area contributed by atoms with Crippen molar-refractivity contribution in [3.63, 3.8) is 0 Å². The van der Waals surface area contributed by atoms with Crippen molar-refractivity contribution < 1.29 is 4.39 Å². The molecule has 1 atom stereocenters. The lowest BCUT2D eigenvalue weighted by Gasteiger charge is -2.19. The van der Waals surface area contributed by atoms with E-state index in [1.54, 1.807) is 23.5 Å². The summed E-state index contributed by atoms with van der Waals surface area (Å²) in [5, 5.41) is 5.61. The first-order valence-electron chi connectivity index (χ1n) is 7.64. The van der Waals surface area contributed by atoms with E-state index in [-0.39, 0.29) is 5.82 Å². The van der Waals surface area contributed by atoms with E-state index in [0.717, 1.165) is 31.4 Å². The van der Waals surface area contributed by atoms with Gasteiger partial charge in [0.05, 0.1) is 0 Å². The molecule has 0 saturated carbocycles. The molecule has 0 aliphatic carbocycles. The summed E-state index contributed by atoms with van der Waals surface area (Å²) >= 11 is 1.80. The third-order valence-electron chi connectivity index (χ3n) is 3.66. The van der Waals surface area contributed by atoms with E-state index in [9.17, 15) is 4.39 Å². The van der Waals surface area contributed by atoms with Crippen molar-refractivity contribution in [3.8, 4) is 0 Å². The Balaban J connectivity index is 1.95. The number of rotatable bonds is 8. The largest absolute Gasteiger partial charge is 0.314 e. The smallest absolute Gasteiger partial charge is 0.126 e. The van der Waals surface area contributed by atoms with Crippen molar-refractivity contribution >= 4 is 11.3 Å². The highest BCUT2D eigenvalue weighted by molar-refractivity contribution is 7.09. The van der Waals surface area contributed by atoms with Gasteiger partial charge in [-0.15, -0.1) is 11.3 Å². The van der Waals surface area contributed by atoms with Crippen LogP contribution in [0.15, 0.2) is 41.8 Å². The summed E-state index contributed by atoms with van der Waals surface area (Å²) in [6.45, 7) is 5.25. The monoisotopic (exact) mass is 305 g/mol. The molecule has 0 fully saturated rings. The zero-order chi connectivity index (χ0) is 15.1. The van der Waals surface area contributed by atoms with E-state index >= 15 is 0 Å². The zero-order valence-corrected chi connectivity index (χ0v) is 13.6. The van der Waals surface area contributed by atoms with Crippen LogP contribution in [0.3, 0.4) is 0 Å². The summed E-state index contributed by atoms with van der Waals surface area (Å²) in [4.78, 5) is 1.41. The number of nitrogens with one attached hydrogen (secondary N) is 1. The van der Waals surface area contributed by atoms with Gasteiger partial charge in [0.2, 0.25) is 0 Å². The average molecular weight is 305 g/mol. The van der Waals surface area contributed by atoms with E-state index < -0.39 is 0 Å². The fraction of sp³-hybridized carbons (Fsp3) is 0.444. The third-order valence-corrected chi connectivity index (χ3v) is 4.60. The van der Waals surface area contributed by atoms with E-state index in [1.807, 2.05) is 12.1 Å². The Morgan fingerprint density at radius 1 is 1.14 bits per heavy atom. The molecule has 0 aliphatic heterocycles. The highest BCUT2D eigenvalue weighted by atomic mass is 32.1. The molecular weight excluding hydrogens is 281 g/mol. The summed E-state index contributed by atoms with van der Waals surface area (Å²) in [5.74, 6) is 0.384. The van der Waals surface area contributed by atoms with E-state index in [0.29, 0.717) is 12.0 Å². The number of hydrogen-bond acceptors (Lipinski definition) is 2. The van der Waals surface area contributed by atoms with Crippen LogP contribution in [0.4, 0.5) is 4.39 Å². The van der Waals surface area contributed by atoms with Gasteiger partial charge in [0.25, 0.3) is 0 Å². The molecule has 1 aromatic heterocycles. The van der Waals surface area contributed by atoms with Gasteiger partial charge in [0, 0.05) is 10.9 Å². The van der Waals surface area contributed by atoms with Crippen molar-refractivity contribution in [3.05, 3.63) is 58.0 Å². The fourth-order valence-corrected chi connectivity index (χ4v) is 3.18. The van der Waals surface area contributed by atoms with Crippen LogP contribution in [-0.4, -0.2) is 12.6 Å². The number of thiophene rings is 1. The highest BCUT2D eigenvalue weighted by Crippen LogP contribution is 2.19. The molecule has 1 N–H and O–H groups in total. The third kappa shape index (κ3) is 5.60. The molecule has 0 amide bonds. The summed E-state index contributed by atoms with van der Waals surface area (Å²) in [6, 6.07) is 11.9. The first-order valence-corrected chi connectivity index (χ1v) is 8.52. The number of hydrogen-bond donors (Lipinski definition) is 1. The standard InChI is InChI=1S/C18H24FNS/c1-14(2)20-13-15(9-10-17-7-5-11-21-17)12-16-6-3-4-8-18(16)19/h3-8,11,14-15,20H,9-10,12-13H2,1-2H3. The van der Waals surface area contributed by atoms with Gasteiger partial charge in [-0.1, -0.05) is 38.1 Å². The maximum Gasteiger partial charge on any atom is 0.126 e. The Morgan fingerprint density at radius 3 is 2.62 bits per heavy atom. The molecule has 2 aromatic rings. The summed E-state index contributed by atoms with van der Waals surface area (Å²) in [5.41, 5.74) is 0.833. The molecule has 21 heavy (non-hydrogen) atoms. The maximum atomic E-state index is 13.8. The van der Waals surface area contributed by atoms with Crippen molar-refractivity contribution in [2.75, 3.05) is 6.54 Å². The number of benzene rings is 1. The van der Waals surface area contributed by atoms with E-state index in [4.69, 9.17) is 0 Å². The maximum absolute atomic E-state index is 13.8. The first-order chi connectivity index (χ1) is 10.1. The second kappa shape index (κ2) is 8.30. The first kappa shape index (κ1) is 16.2. The molecule has 0 spiro atoms. The van der Waals surface area contributed by atoms with Crippen LogP contribution >= 0.6 is 11.3 Å². The van der Waals surface area contributed by atoms with Crippen molar-refractivity contribution in [1.82, 2.24) is 5.32 Å². The minimum atomic E-state index is -0.0804. The van der Waals surface area contributed by atoms with Gasteiger partial charge in [0.1, 0.15) is 5.82 Å². The number of halogens is 1. The number of aryl methyl sites for hydroxylation is 1. The molecule has 3 heteroatoms. The minimum Gasteiger partial charge on any atom is -0.314 e. The second-order valence-corrected chi connectivity index (χ2v) is 6.87. The predicted octanol–water partition coefficient (Wildman–Crippen LogP) is 4.68. The molecule has 1 heterocycles. The minimum absolute atomic E-state index is 0.0804. The van der Waals surface area contributed by atoms with E-state index in [1.165, 1.54) is 4.88 Å². The van der Waals surface area contributed by atoms with Crippen LogP contribution in [0.5, 0.6) is 0 Å². The molecule has 0 aliphatic rings. The summed E-state index contributed by atoms with van der Waals surface area (Å²) < 4.78 is 13.8. The van der Waals surface area contributed by atoms with Gasteiger partial charge in [-0.05, 0) is 54.8 Å². The van der Waals surface area contributed by atoms with Gasteiger partial charge in [-0.2, -0.15) is 0 Å². The molecule has 1 aromatic carbocycles. The Hall–Kier alpha value is -1.19. The molecule has 2 rings (SSSR count). The van der Waals surface area contributed by atoms with E-state index in [2.05, 4.69) is 36.7 Å². The predicted molar refractivity (Wildman–Crippen MR) is 89.4 cm³/mol. The van der Waals surface area contributed by atoms with Gasteiger partial charge >= 0.3 is 0 Å². The topological polar surface area (TPSA) is 12.0 Å². The lowest BCUT2D eigenvalue weighted by atomic mass is 9.93. The Kier molecular flexibility index (Phi) is 6.40. The van der Waals surface area contributed by atoms with Crippen LogP contribution in [0.25, 0.3) is 0 Å². The van der Waals surface area contributed by atoms with Crippen LogP contribution in [0.1, 0.15) is 30.7 Å². The molecule has 114 valence electrons. The molecular formula is C18H24FNS. The van der Waals surface area contributed by atoms with Crippen LogP contribution in [0.2, 0.25) is 0 Å². The molecule has 0 saturated heterocycles. The molecule has 0 bridgehead atoms. The Bertz CT molecular complexity index is 522. The van der Waals surface area contributed by atoms with Crippen LogP contribution < -0.4 is 5.32 Å². The van der Waals surface area contributed by atoms with Gasteiger partial charge < -0.3 is 5.32 Å². The quantitative estimate of drug-likeness (QED) is 0.747. The summed E-state index contributed by atoms with van der Waals surface area (Å²) in [6.07, 6.45) is 2.98. The van der Waals surface area contributed by atoms with Crippen molar-refractivity contribution in [2.24, 2.45) is 5.92 Å². The van der Waals surface area contributed by atoms with Crippen LogP contribution in [0, 0.1) is 11.7 Å². The normalized spacial score (nSPS) is 12.8. The highest BCUT2D eigenvalue weighted by Gasteiger charge is 2.13.